The topological polar surface area (TPSA) is 68.0 Å². The van der Waals surface area contributed by atoms with Crippen molar-refractivity contribution in [3.05, 3.63) is 40.1 Å². The Morgan fingerprint density at radius 2 is 2.10 bits per heavy atom. The second kappa shape index (κ2) is 5.29. The molecule has 0 spiro atoms. The summed E-state index contributed by atoms with van der Waals surface area (Å²) >= 11 is 1.36. The van der Waals surface area contributed by atoms with E-state index in [4.69, 9.17) is 4.42 Å². The molecule has 3 rings (SSSR count). The summed E-state index contributed by atoms with van der Waals surface area (Å²) in [4.78, 5) is 12.1. The van der Waals surface area contributed by atoms with Crippen molar-refractivity contribution in [2.24, 2.45) is 0 Å². The van der Waals surface area contributed by atoms with Gasteiger partial charge in [0.2, 0.25) is 11.0 Å². The van der Waals surface area contributed by atoms with E-state index in [9.17, 15) is 4.79 Å². The molecular weight excluding hydrogens is 286 g/mol. The van der Waals surface area contributed by atoms with Crippen molar-refractivity contribution in [1.82, 2.24) is 10.2 Å². The monoisotopic (exact) mass is 301 g/mol. The third kappa shape index (κ3) is 2.67. The third-order valence-electron chi connectivity index (χ3n) is 3.47. The summed E-state index contributed by atoms with van der Waals surface area (Å²) in [6, 6.07) is 4.04. The molecule has 21 heavy (non-hydrogen) atoms. The van der Waals surface area contributed by atoms with E-state index in [0.29, 0.717) is 5.13 Å². The first-order valence-electron chi connectivity index (χ1n) is 6.61. The number of benzene rings is 1. The van der Waals surface area contributed by atoms with Crippen molar-refractivity contribution in [2.75, 3.05) is 5.32 Å². The van der Waals surface area contributed by atoms with E-state index in [-0.39, 0.29) is 12.3 Å². The average Bonchev–Trinajstić information content (AvgIpc) is 3.01. The molecule has 0 saturated heterocycles. The summed E-state index contributed by atoms with van der Waals surface area (Å²) in [6.07, 6.45) is 1.91. The number of furan rings is 1. The summed E-state index contributed by atoms with van der Waals surface area (Å²) in [7, 11) is 0. The highest BCUT2D eigenvalue weighted by Gasteiger charge is 2.14. The van der Waals surface area contributed by atoms with Crippen LogP contribution in [-0.4, -0.2) is 16.1 Å². The van der Waals surface area contributed by atoms with Crippen LogP contribution in [-0.2, 0) is 11.2 Å². The van der Waals surface area contributed by atoms with Gasteiger partial charge in [-0.3, -0.25) is 4.79 Å². The van der Waals surface area contributed by atoms with E-state index in [0.717, 1.165) is 27.1 Å². The van der Waals surface area contributed by atoms with Gasteiger partial charge in [-0.05, 0) is 31.9 Å². The number of aryl methyl sites for hydroxylation is 3. The molecule has 1 aromatic carbocycles. The molecule has 0 aliphatic carbocycles. The molecule has 6 heteroatoms. The molecule has 2 aromatic heterocycles. The molecule has 0 radical (unpaired) electrons. The van der Waals surface area contributed by atoms with Gasteiger partial charge < -0.3 is 9.73 Å². The second-order valence-electron chi connectivity index (χ2n) is 5.00. The Balaban J connectivity index is 1.82. The highest BCUT2D eigenvalue weighted by atomic mass is 32.1. The summed E-state index contributed by atoms with van der Waals surface area (Å²) in [6.45, 7) is 5.92. The van der Waals surface area contributed by atoms with Crippen molar-refractivity contribution in [3.63, 3.8) is 0 Å². The third-order valence-corrected chi connectivity index (χ3v) is 4.22. The van der Waals surface area contributed by atoms with Crippen molar-refractivity contribution in [2.45, 2.75) is 27.2 Å². The molecular formula is C15H15N3O2S. The number of anilines is 1. The Morgan fingerprint density at radius 3 is 2.81 bits per heavy atom. The van der Waals surface area contributed by atoms with Crippen LogP contribution in [0.5, 0.6) is 0 Å². The first kappa shape index (κ1) is 13.8. The molecule has 0 bridgehead atoms. The molecule has 108 valence electrons. The van der Waals surface area contributed by atoms with Crippen LogP contribution in [0.2, 0.25) is 0 Å². The van der Waals surface area contributed by atoms with Gasteiger partial charge in [0.15, 0.2) is 0 Å². The first-order chi connectivity index (χ1) is 10.0. The number of nitrogens with one attached hydrogen (secondary N) is 1. The van der Waals surface area contributed by atoms with Crippen molar-refractivity contribution in [3.8, 4) is 0 Å². The smallest absolute Gasteiger partial charge is 0.230 e. The zero-order chi connectivity index (χ0) is 15.0. The highest BCUT2D eigenvalue weighted by Crippen LogP contribution is 2.27. The van der Waals surface area contributed by atoms with Gasteiger partial charge in [-0.1, -0.05) is 23.5 Å². The molecule has 3 aromatic rings. The zero-order valence-electron chi connectivity index (χ0n) is 12.1. The molecule has 0 aliphatic rings. The van der Waals surface area contributed by atoms with E-state index < -0.39 is 0 Å². The number of carbonyl (C=O) groups is 1. The molecule has 1 N–H and O–H groups in total. The number of rotatable bonds is 3. The standard InChI is InChI=1S/C15H15N3O2S/c1-8-4-5-12-11(7-20-14(12)9(8)2)6-13(19)16-15-18-17-10(3)21-15/h4-5,7H,6H2,1-3H3,(H,16,18,19). The van der Waals surface area contributed by atoms with Crippen LogP contribution >= 0.6 is 11.3 Å². The predicted octanol–water partition coefficient (Wildman–Crippen LogP) is 3.39. The van der Waals surface area contributed by atoms with Crippen LogP contribution in [0, 0.1) is 20.8 Å². The molecule has 0 fully saturated rings. The maximum Gasteiger partial charge on any atom is 0.230 e. The number of fused-ring (bicyclic) bond motifs is 1. The lowest BCUT2D eigenvalue weighted by Gasteiger charge is -2.02. The zero-order valence-corrected chi connectivity index (χ0v) is 12.9. The normalized spacial score (nSPS) is 11.0. The summed E-state index contributed by atoms with van der Waals surface area (Å²) in [5.41, 5.74) is 4.02. The number of nitrogens with zero attached hydrogens (tertiary/aromatic N) is 2. The Hall–Kier alpha value is -2.21. The van der Waals surface area contributed by atoms with Crippen LogP contribution in [0.4, 0.5) is 5.13 Å². The fourth-order valence-electron chi connectivity index (χ4n) is 2.21. The van der Waals surface area contributed by atoms with Crippen molar-refractivity contribution in [1.29, 1.82) is 0 Å². The minimum atomic E-state index is -0.118. The molecule has 5 nitrogen and oxygen atoms in total. The van der Waals surface area contributed by atoms with E-state index in [1.807, 2.05) is 32.9 Å². The number of aromatic nitrogens is 2. The van der Waals surface area contributed by atoms with Crippen LogP contribution in [0.15, 0.2) is 22.8 Å². The van der Waals surface area contributed by atoms with Crippen LogP contribution < -0.4 is 5.32 Å². The molecule has 0 saturated carbocycles. The highest BCUT2D eigenvalue weighted by molar-refractivity contribution is 7.15. The van der Waals surface area contributed by atoms with Gasteiger partial charge in [-0.2, -0.15) is 0 Å². The lowest BCUT2D eigenvalue weighted by molar-refractivity contribution is -0.115. The maximum atomic E-state index is 12.1. The van der Waals surface area contributed by atoms with Crippen LogP contribution in [0.25, 0.3) is 11.0 Å². The van der Waals surface area contributed by atoms with E-state index in [1.54, 1.807) is 6.26 Å². The lowest BCUT2D eigenvalue weighted by atomic mass is 10.0. The van der Waals surface area contributed by atoms with Crippen molar-refractivity contribution >= 4 is 33.3 Å². The number of amides is 1. The fraction of sp³-hybridized carbons (Fsp3) is 0.267. The van der Waals surface area contributed by atoms with Gasteiger partial charge in [-0.15, -0.1) is 10.2 Å². The van der Waals surface area contributed by atoms with Gasteiger partial charge in [0.05, 0.1) is 12.7 Å². The van der Waals surface area contributed by atoms with Crippen LogP contribution in [0.1, 0.15) is 21.7 Å². The van der Waals surface area contributed by atoms with E-state index in [2.05, 4.69) is 15.5 Å². The minimum Gasteiger partial charge on any atom is -0.464 e. The van der Waals surface area contributed by atoms with Crippen LogP contribution in [0.3, 0.4) is 0 Å². The van der Waals surface area contributed by atoms with Gasteiger partial charge in [0.1, 0.15) is 10.6 Å². The Kier molecular flexibility index (Phi) is 3.47. The van der Waals surface area contributed by atoms with E-state index >= 15 is 0 Å². The van der Waals surface area contributed by atoms with Gasteiger partial charge in [0.25, 0.3) is 0 Å². The largest absolute Gasteiger partial charge is 0.464 e. The number of hydrogen-bond donors (Lipinski definition) is 1. The average molecular weight is 301 g/mol. The Bertz CT molecular complexity index is 820. The van der Waals surface area contributed by atoms with Gasteiger partial charge in [-0.25, -0.2) is 0 Å². The van der Waals surface area contributed by atoms with E-state index in [1.165, 1.54) is 16.9 Å². The fourth-order valence-corrected chi connectivity index (χ4v) is 2.82. The Morgan fingerprint density at radius 1 is 1.29 bits per heavy atom. The summed E-state index contributed by atoms with van der Waals surface area (Å²) < 4.78 is 5.61. The lowest BCUT2D eigenvalue weighted by Crippen LogP contribution is -2.14. The Labute approximate surface area is 126 Å². The minimum absolute atomic E-state index is 0.118. The summed E-state index contributed by atoms with van der Waals surface area (Å²) in [5.74, 6) is -0.118. The molecule has 2 heterocycles. The molecule has 0 atom stereocenters. The van der Waals surface area contributed by atoms with Gasteiger partial charge >= 0.3 is 0 Å². The SMILES string of the molecule is Cc1nnc(NC(=O)Cc2coc3c(C)c(C)ccc23)s1. The second-order valence-corrected chi connectivity index (χ2v) is 6.18. The first-order valence-corrected chi connectivity index (χ1v) is 7.42. The molecule has 1 amide bonds. The predicted molar refractivity (Wildman–Crippen MR) is 82.7 cm³/mol. The number of carbonyl (C=O) groups excluding carboxylic acids is 1. The molecule has 0 unspecified atom stereocenters. The van der Waals surface area contributed by atoms with Crippen molar-refractivity contribution < 1.29 is 9.21 Å². The van der Waals surface area contributed by atoms with Gasteiger partial charge in [0, 0.05) is 10.9 Å². The quantitative estimate of drug-likeness (QED) is 0.805. The molecule has 0 aliphatic heterocycles. The maximum absolute atomic E-state index is 12.1. The number of hydrogen-bond acceptors (Lipinski definition) is 5. The summed E-state index contributed by atoms with van der Waals surface area (Å²) in [5, 5.41) is 12.9.